The fourth-order valence-electron chi connectivity index (χ4n) is 2.82. The van der Waals surface area contributed by atoms with Gasteiger partial charge in [-0.25, -0.2) is 4.79 Å². The average Bonchev–Trinajstić information content (AvgIpc) is 2.75. The predicted molar refractivity (Wildman–Crippen MR) is 118 cm³/mol. The number of hydrogen-bond donors (Lipinski definition) is 9. The molecule has 0 bridgehead atoms. The molecule has 4 atom stereocenters. The number of aliphatic hydroxyl groups is 1. The highest BCUT2D eigenvalue weighted by molar-refractivity contribution is 5.96. The van der Waals surface area contributed by atoms with Gasteiger partial charge in [0.05, 0.1) is 19.1 Å². The van der Waals surface area contributed by atoms with E-state index in [1.165, 1.54) is 0 Å². The van der Waals surface area contributed by atoms with Crippen LogP contribution in [0.5, 0.6) is 0 Å². The highest BCUT2D eigenvalue weighted by Crippen LogP contribution is 2.05. The minimum atomic E-state index is -1.64. The molecule has 0 aliphatic rings. The van der Waals surface area contributed by atoms with Crippen LogP contribution in [0.25, 0.3) is 0 Å². The third-order valence-electron chi connectivity index (χ3n) is 4.72. The number of amides is 4. The first-order chi connectivity index (χ1) is 15.6. The predicted octanol–water partition coefficient (Wildman–Crippen LogP) is -4.02. The van der Waals surface area contributed by atoms with E-state index in [2.05, 4.69) is 10.6 Å². The number of hydrogen-bond acceptors (Lipinski definition) is 9. The zero-order chi connectivity index (χ0) is 25.4. The fraction of sp³-hybridized carbons (Fsp3) is 0.737. The molecular formula is C19H37N7O7. The van der Waals surface area contributed by atoms with E-state index in [9.17, 15) is 24.0 Å². The number of rotatable bonds is 18. The Morgan fingerprint density at radius 2 is 1.21 bits per heavy atom. The number of primary amides is 1. The number of carbonyl (C=O) groups is 5. The molecule has 0 aliphatic carbocycles. The number of aliphatic hydroxyl groups excluding tert-OH is 1. The van der Waals surface area contributed by atoms with Crippen molar-refractivity contribution in [3.8, 4) is 0 Å². The van der Waals surface area contributed by atoms with Gasteiger partial charge in [0.15, 0.2) is 0 Å². The topological polar surface area (TPSA) is 266 Å². The van der Waals surface area contributed by atoms with E-state index in [1.54, 1.807) is 0 Å². The summed E-state index contributed by atoms with van der Waals surface area (Å²) in [6.07, 6.45) is 2.30. The molecule has 0 aromatic carbocycles. The molecule has 14 nitrogen and oxygen atoms in total. The molecular weight excluding hydrogens is 438 g/mol. The first-order valence-corrected chi connectivity index (χ1v) is 10.8. The van der Waals surface area contributed by atoms with Crippen LogP contribution >= 0.6 is 0 Å². The van der Waals surface area contributed by atoms with Gasteiger partial charge in [0.2, 0.25) is 23.6 Å². The molecule has 0 fully saturated rings. The summed E-state index contributed by atoms with van der Waals surface area (Å²) in [6, 6.07) is -5.11. The van der Waals surface area contributed by atoms with Gasteiger partial charge in [0.1, 0.15) is 18.1 Å². The Kier molecular flexibility index (Phi) is 15.3. The van der Waals surface area contributed by atoms with E-state index >= 15 is 0 Å². The summed E-state index contributed by atoms with van der Waals surface area (Å²) in [5.74, 6) is -4.83. The Balaban J connectivity index is 5.36. The van der Waals surface area contributed by atoms with Crippen molar-refractivity contribution in [3.05, 3.63) is 0 Å². The van der Waals surface area contributed by atoms with Gasteiger partial charge in [-0.1, -0.05) is 6.42 Å². The van der Waals surface area contributed by atoms with Gasteiger partial charge in [0.25, 0.3) is 0 Å². The lowest BCUT2D eigenvalue weighted by Gasteiger charge is -2.24. The number of nitrogens with two attached hydrogens (primary N) is 4. The van der Waals surface area contributed by atoms with Crippen molar-refractivity contribution in [2.75, 3.05) is 19.7 Å². The second-order valence-corrected chi connectivity index (χ2v) is 7.55. The second kappa shape index (κ2) is 16.8. The number of carboxylic acid groups (broad SMARTS) is 1. The Morgan fingerprint density at radius 3 is 1.70 bits per heavy atom. The summed E-state index contributed by atoms with van der Waals surface area (Å²) < 4.78 is 0. The third-order valence-corrected chi connectivity index (χ3v) is 4.72. The van der Waals surface area contributed by atoms with E-state index in [1.807, 2.05) is 5.32 Å². The molecule has 0 aromatic heterocycles. The van der Waals surface area contributed by atoms with E-state index in [0.717, 1.165) is 0 Å². The van der Waals surface area contributed by atoms with Crippen molar-refractivity contribution in [1.82, 2.24) is 16.0 Å². The summed E-state index contributed by atoms with van der Waals surface area (Å²) >= 11 is 0. The average molecular weight is 476 g/mol. The van der Waals surface area contributed by atoms with Crippen LogP contribution in [0.4, 0.5) is 0 Å². The highest BCUT2D eigenvalue weighted by atomic mass is 16.4. The summed E-state index contributed by atoms with van der Waals surface area (Å²) in [7, 11) is 0. The molecule has 0 heterocycles. The largest absolute Gasteiger partial charge is 0.480 e. The van der Waals surface area contributed by atoms with E-state index in [0.29, 0.717) is 45.2 Å². The monoisotopic (exact) mass is 475 g/mol. The lowest BCUT2D eigenvalue weighted by atomic mass is 10.0. The zero-order valence-corrected chi connectivity index (χ0v) is 18.6. The normalized spacial score (nSPS) is 14.4. The van der Waals surface area contributed by atoms with E-state index < -0.39 is 66.8 Å². The van der Waals surface area contributed by atoms with Gasteiger partial charge in [-0.05, 0) is 45.2 Å². The maximum atomic E-state index is 12.8. The lowest BCUT2D eigenvalue weighted by Crippen LogP contribution is -2.58. The number of aliphatic carboxylic acids is 1. The Bertz CT molecular complexity index is 662. The summed E-state index contributed by atoms with van der Waals surface area (Å²) in [5, 5.41) is 24.9. The quantitative estimate of drug-likeness (QED) is 0.0866. The SMILES string of the molecule is NCCCCC(N)C(=O)NC(CCCCN)C(=O)NC(CC(N)=O)C(=O)NC(CO)C(=O)O. The molecule has 0 aromatic rings. The van der Waals surface area contributed by atoms with Crippen LogP contribution in [0.3, 0.4) is 0 Å². The Morgan fingerprint density at radius 1 is 0.727 bits per heavy atom. The zero-order valence-electron chi connectivity index (χ0n) is 18.6. The van der Waals surface area contributed by atoms with Gasteiger partial charge < -0.3 is 49.1 Å². The van der Waals surface area contributed by atoms with Crippen molar-refractivity contribution >= 4 is 29.6 Å². The first kappa shape index (κ1) is 30.2. The molecule has 0 aliphatic heterocycles. The van der Waals surface area contributed by atoms with Gasteiger partial charge in [0, 0.05) is 0 Å². The van der Waals surface area contributed by atoms with Crippen molar-refractivity contribution in [1.29, 1.82) is 0 Å². The molecule has 0 saturated carbocycles. The maximum Gasteiger partial charge on any atom is 0.328 e. The van der Waals surface area contributed by atoms with Gasteiger partial charge in [-0.3, -0.25) is 19.2 Å². The number of unbranched alkanes of at least 4 members (excludes halogenated alkanes) is 2. The minimum Gasteiger partial charge on any atom is -0.480 e. The molecule has 190 valence electrons. The van der Waals surface area contributed by atoms with Crippen LogP contribution in [0.2, 0.25) is 0 Å². The van der Waals surface area contributed by atoms with Crippen molar-refractivity contribution in [2.24, 2.45) is 22.9 Å². The van der Waals surface area contributed by atoms with E-state index in [4.69, 9.17) is 33.1 Å². The highest BCUT2D eigenvalue weighted by Gasteiger charge is 2.30. The molecule has 4 amide bonds. The minimum absolute atomic E-state index is 0.184. The Labute approximate surface area is 192 Å². The molecule has 14 heteroatoms. The van der Waals surface area contributed by atoms with Crippen LogP contribution in [0.1, 0.15) is 44.9 Å². The van der Waals surface area contributed by atoms with Gasteiger partial charge in [-0.2, -0.15) is 0 Å². The number of nitrogens with one attached hydrogen (secondary N) is 3. The van der Waals surface area contributed by atoms with Gasteiger partial charge in [-0.15, -0.1) is 0 Å². The number of carbonyl (C=O) groups excluding carboxylic acids is 4. The first-order valence-electron chi connectivity index (χ1n) is 10.8. The fourth-order valence-corrected chi connectivity index (χ4v) is 2.82. The lowest BCUT2D eigenvalue weighted by molar-refractivity contribution is -0.143. The van der Waals surface area contributed by atoms with E-state index in [-0.39, 0.29) is 6.42 Å². The van der Waals surface area contributed by atoms with Gasteiger partial charge >= 0.3 is 5.97 Å². The van der Waals surface area contributed by atoms with Crippen LogP contribution < -0.4 is 38.9 Å². The Hall–Kier alpha value is -2.81. The molecule has 13 N–H and O–H groups in total. The van der Waals surface area contributed by atoms with Crippen molar-refractivity contribution in [2.45, 2.75) is 69.1 Å². The molecule has 0 saturated heterocycles. The van der Waals surface area contributed by atoms with Crippen molar-refractivity contribution in [3.63, 3.8) is 0 Å². The molecule has 0 spiro atoms. The second-order valence-electron chi connectivity index (χ2n) is 7.55. The smallest absolute Gasteiger partial charge is 0.328 e. The van der Waals surface area contributed by atoms with Crippen LogP contribution in [-0.4, -0.2) is 83.7 Å². The molecule has 0 rings (SSSR count). The summed E-state index contributed by atoms with van der Waals surface area (Å²) in [6.45, 7) is -0.0791. The molecule has 0 radical (unpaired) electrons. The van der Waals surface area contributed by atoms with Crippen LogP contribution in [-0.2, 0) is 24.0 Å². The van der Waals surface area contributed by atoms with Crippen molar-refractivity contribution < 1.29 is 34.2 Å². The standard InChI is InChI=1S/C19H37N7O7/c20-7-3-1-5-11(22)16(29)24-12(6-2-4-8-21)17(30)25-13(9-15(23)28)18(31)26-14(10-27)19(32)33/h11-14,27H,1-10,20-22H2,(H2,23,28)(H,24,29)(H,25,30)(H,26,31)(H,32,33). The summed E-state index contributed by atoms with van der Waals surface area (Å²) in [5.41, 5.74) is 21.9. The van der Waals surface area contributed by atoms with Crippen LogP contribution in [0.15, 0.2) is 0 Å². The third kappa shape index (κ3) is 12.7. The molecule has 33 heavy (non-hydrogen) atoms. The van der Waals surface area contributed by atoms with Crippen LogP contribution in [0, 0.1) is 0 Å². The maximum absolute atomic E-state index is 12.8. The summed E-state index contributed by atoms with van der Waals surface area (Å²) in [4.78, 5) is 60.1. The number of carboxylic acids is 1. The molecule has 4 unspecified atom stereocenters.